The Balaban J connectivity index is 0.834. The van der Waals surface area contributed by atoms with E-state index in [-0.39, 0.29) is 0 Å². The standard InChI is InChI=1S/C72H50N2S/c1-3-15-49(16-4-1)51-31-35-53(36-32-51)55-39-43-60(44-40-55)73(61-45-41-56(42-46-61)54-37-33-52(34-38-54)50-17-5-2-6-18-50)62-22-12-20-58(48-62)57-19-11-21-59(47-57)63-25-13-28-68-71(63)66-24-7-9-27-67(66)74(68)69-29-14-26-65-64-23-8-10-30-70(64)75-72(65)69/h1-17,19-48,50H,18H2. The molecule has 11 aromatic carbocycles. The molecule has 75 heavy (non-hydrogen) atoms. The molecular weight excluding hydrogens is 925 g/mol. The summed E-state index contributed by atoms with van der Waals surface area (Å²) in [5.74, 6) is 0.431. The van der Waals surface area contributed by atoms with E-state index in [9.17, 15) is 0 Å². The number of aromatic nitrogens is 1. The maximum Gasteiger partial charge on any atom is 0.0640 e. The van der Waals surface area contributed by atoms with E-state index in [1.807, 2.05) is 11.3 Å². The van der Waals surface area contributed by atoms with Crippen LogP contribution in [0.15, 0.2) is 285 Å². The van der Waals surface area contributed by atoms with E-state index in [4.69, 9.17) is 0 Å². The van der Waals surface area contributed by atoms with Crippen LogP contribution in [0.5, 0.6) is 0 Å². The first kappa shape index (κ1) is 44.4. The molecular formula is C72H50N2S. The molecule has 2 nitrogen and oxygen atoms in total. The molecule has 1 atom stereocenters. The molecule has 13 aromatic rings. The van der Waals surface area contributed by atoms with Crippen LogP contribution in [0.3, 0.4) is 0 Å². The van der Waals surface area contributed by atoms with Crippen molar-refractivity contribution >= 4 is 70.4 Å². The van der Waals surface area contributed by atoms with E-state index < -0.39 is 0 Å². The fraction of sp³-hybridized carbons (Fsp3) is 0.0278. The van der Waals surface area contributed by atoms with Crippen LogP contribution in [0.4, 0.5) is 17.1 Å². The number of fused-ring (bicyclic) bond motifs is 6. The van der Waals surface area contributed by atoms with Crippen LogP contribution in [0.2, 0.25) is 0 Å². The smallest absolute Gasteiger partial charge is 0.0640 e. The molecule has 0 N–H and O–H groups in total. The first-order valence-electron chi connectivity index (χ1n) is 25.9. The fourth-order valence-electron chi connectivity index (χ4n) is 11.4. The van der Waals surface area contributed by atoms with Crippen LogP contribution in [-0.2, 0) is 0 Å². The van der Waals surface area contributed by atoms with Crippen LogP contribution in [0.25, 0.3) is 103 Å². The third-order valence-corrected chi connectivity index (χ3v) is 16.4. The lowest BCUT2D eigenvalue weighted by Gasteiger charge is -2.26. The fourth-order valence-corrected chi connectivity index (χ4v) is 12.6. The van der Waals surface area contributed by atoms with E-state index in [0.29, 0.717) is 5.92 Å². The molecule has 0 radical (unpaired) electrons. The Morgan fingerprint density at radius 1 is 0.373 bits per heavy atom. The normalized spacial score (nSPS) is 13.3. The molecule has 354 valence electrons. The number of rotatable bonds is 10. The third kappa shape index (κ3) is 8.15. The minimum Gasteiger partial charge on any atom is -0.310 e. The van der Waals surface area contributed by atoms with Crippen molar-refractivity contribution in [2.75, 3.05) is 4.90 Å². The van der Waals surface area contributed by atoms with Gasteiger partial charge in [0.2, 0.25) is 0 Å². The lowest BCUT2D eigenvalue weighted by Crippen LogP contribution is -2.10. The SMILES string of the molecule is C1=CCC(c2ccc(-c3ccc(N(c4ccc(-c5ccc(-c6ccccc6)cc5)cc4)c4cccc(-c5cccc(-c6cccc7c6c6ccccc6n7-c6cccc7c6sc6ccccc67)c5)c4)cc3)cc2)C=C1. The van der Waals surface area contributed by atoms with Gasteiger partial charge in [0.25, 0.3) is 0 Å². The van der Waals surface area contributed by atoms with Gasteiger partial charge in [0.15, 0.2) is 0 Å². The zero-order chi connectivity index (χ0) is 49.7. The number of anilines is 3. The van der Waals surface area contributed by atoms with Gasteiger partial charge in [0, 0.05) is 49.2 Å². The van der Waals surface area contributed by atoms with Crippen molar-refractivity contribution in [2.45, 2.75) is 12.3 Å². The van der Waals surface area contributed by atoms with Crippen LogP contribution < -0.4 is 4.90 Å². The number of hydrogen-bond acceptors (Lipinski definition) is 2. The number of benzene rings is 11. The number of nitrogens with zero attached hydrogens (tertiary/aromatic N) is 2. The van der Waals surface area contributed by atoms with Crippen molar-refractivity contribution in [2.24, 2.45) is 0 Å². The summed E-state index contributed by atoms with van der Waals surface area (Å²) in [7, 11) is 0. The Kier molecular flexibility index (Phi) is 11.2. The van der Waals surface area contributed by atoms with Gasteiger partial charge in [-0.3, -0.25) is 0 Å². The second-order valence-corrected chi connectivity index (χ2v) is 20.6. The minimum absolute atomic E-state index is 0.431. The molecule has 3 heteroatoms. The van der Waals surface area contributed by atoms with Crippen LogP contribution >= 0.6 is 11.3 Å². The summed E-state index contributed by atoms with van der Waals surface area (Å²) in [4.78, 5) is 2.39. The van der Waals surface area contributed by atoms with Crippen molar-refractivity contribution in [3.63, 3.8) is 0 Å². The third-order valence-electron chi connectivity index (χ3n) is 15.2. The Morgan fingerprint density at radius 2 is 0.907 bits per heavy atom. The molecule has 2 aromatic heterocycles. The minimum atomic E-state index is 0.431. The average Bonchev–Trinajstić information content (AvgIpc) is 4.05. The van der Waals surface area contributed by atoms with Gasteiger partial charge in [-0.2, -0.15) is 0 Å². The zero-order valence-electron chi connectivity index (χ0n) is 41.2. The molecule has 0 saturated carbocycles. The van der Waals surface area contributed by atoms with E-state index in [2.05, 4.69) is 295 Å². The Hall–Kier alpha value is -9.28. The van der Waals surface area contributed by atoms with Gasteiger partial charge in [0.1, 0.15) is 0 Å². The topological polar surface area (TPSA) is 8.17 Å². The highest BCUT2D eigenvalue weighted by atomic mass is 32.1. The van der Waals surface area contributed by atoms with E-state index >= 15 is 0 Å². The van der Waals surface area contributed by atoms with E-state index in [1.54, 1.807) is 0 Å². The molecule has 2 heterocycles. The van der Waals surface area contributed by atoms with Gasteiger partial charge in [-0.1, -0.05) is 218 Å². The monoisotopic (exact) mass is 974 g/mol. The van der Waals surface area contributed by atoms with Gasteiger partial charge < -0.3 is 9.47 Å². The van der Waals surface area contributed by atoms with Crippen molar-refractivity contribution in [3.8, 4) is 61.3 Å². The lowest BCUT2D eigenvalue weighted by molar-refractivity contribution is 0.854. The summed E-state index contributed by atoms with van der Waals surface area (Å²) in [6.45, 7) is 0. The Morgan fingerprint density at radius 3 is 1.61 bits per heavy atom. The second kappa shape index (κ2) is 19.0. The summed E-state index contributed by atoms with van der Waals surface area (Å²) in [6.07, 6.45) is 9.90. The quantitative estimate of drug-likeness (QED) is 0.133. The Labute approximate surface area is 441 Å². The molecule has 0 amide bonds. The molecule has 0 bridgehead atoms. The van der Waals surface area contributed by atoms with Crippen LogP contribution in [0.1, 0.15) is 17.9 Å². The van der Waals surface area contributed by atoms with E-state index in [0.717, 1.165) is 34.6 Å². The predicted molar refractivity (Wildman–Crippen MR) is 321 cm³/mol. The number of allylic oxidation sites excluding steroid dienone is 4. The van der Waals surface area contributed by atoms with Crippen LogP contribution in [0, 0.1) is 0 Å². The van der Waals surface area contributed by atoms with Crippen molar-refractivity contribution in [1.82, 2.24) is 4.57 Å². The van der Waals surface area contributed by atoms with Gasteiger partial charge in [-0.15, -0.1) is 11.3 Å². The summed E-state index contributed by atoms with van der Waals surface area (Å²) >= 11 is 1.88. The van der Waals surface area contributed by atoms with Crippen molar-refractivity contribution < 1.29 is 0 Å². The number of para-hydroxylation sites is 1. The summed E-state index contributed by atoms with van der Waals surface area (Å²) in [5.41, 5.74) is 20.2. The molecule has 0 aliphatic heterocycles. The highest BCUT2D eigenvalue weighted by molar-refractivity contribution is 7.26. The van der Waals surface area contributed by atoms with Gasteiger partial charge in [-0.05, 0) is 134 Å². The Bertz CT molecular complexity index is 4290. The van der Waals surface area contributed by atoms with Gasteiger partial charge in [-0.25, -0.2) is 0 Å². The molecule has 1 aliphatic rings. The first-order valence-corrected chi connectivity index (χ1v) is 26.7. The molecule has 14 rings (SSSR count). The number of thiophene rings is 1. The zero-order valence-corrected chi connectivity index (χ0v) is 42.0. The van der Waals surface area contributed by atoms with Crippen LogP contribution in [-0.4, -0.2) is 4.57 Å². The maximum atomic E-state index is 2.48. The van der Waals surface area contributed by atoms with Gasteiger partial charge >= 0.3 is 0 Å². The first-order chi connectivity index (χ1) is 37.2. The predicted octanol–water partition coefficient (Wildman–Crippen LogP) is 20.6. The summed E-state index contributed by atoms with van der Waals surface area (Å²) < 4.78 is 5.10. The molecule has 0 saturated heterocycles. The highest BCUT2D eigenvalue weighted by Crippen LogP contribution is 2.45. The maximum absolute atomic E-state index is 2.48. The number of hydrogen-bond donors (Lipinski definition) is 0. The largest absolute Gasteiger partial charge is 0.310 e. The molecule has 1 aliphatic carbocycles. The second-order valence-electron chi connectivity index (χ2n) is 19.6. The average molecular weight is 975 g/mol. The summed E-state index contributed by atoms with van der Waals surface area (Å²) in [5, 5.41) is 5.12. The van der Waals surface area contributed by atoms with Crippen molar-refractivity contribution in [1.29, 1.82) is 0 Å². The molecule has 0 fully saturated rings. The van der Waals surface area contributed by atoms with Crippen molar-refractivity contribution in [3.05, 3.63) is 291 Å². The molecule has 1 unspecified atom stereocenters. The summed E-state index contributed by atoms with van der Waals surface area (Å²) in [6, 6.07) is 96.0. The van der Waals surface area contributed by atoms with Gasteiger partial charge in [0.05, 0.1) is 21.4 Å². The molecule has 0 spiro atoms. The highest BCUT2D eigenvalue weighted by Gasteiger charge is 2.20. The van der Waals surface area contributed by atoms with E-state index in [1.165, 1.54) is 97.7 Å². The lowest BCUT2D eigenvalue weighted by atomic mass is 9.91.